The first-order valence-electron chi connectivity index (χ1n) is 10.6. The van der Waals surface area contributed by atoms with E-state index in [0.29, 0.717) is 35.4 Å². The van der Waals surface area contributed by atoms with E-state index < -0.39 is 0 Å². The zero-order chi connectivity index (χ0) is 23.2. The van der Waals surface area contributed by atoms with Gasteiger partial charge in [-0.05, 0) is 38.5 Å². The van der Waals surface area contributed by atoms with Crippen molar-refractivity contribution >= 4 is 34.7 Å². The molecule has 1 aromatic carbocycles. The average molecular weight is 460 g/mol. The van der Waals surface area contributed by atoms with Crippen LogP contribution in [0.2, 0.25) is 0 Å². The topological polar surface area (TPSA) is 105 Å². The molecule has 0 bridgehead atoms. The molecule has 168 valence electrons. The molecule has 0 unspecified atom stereocenters. The first-order valence-corrected chi connectivity index (χ1v) is 11.4. The number of anilines is 3. The molecular weight excluding hydrogens is 434 g/mol. The fraction of sp³-hybridized carbons (Fsp3) is 0.208. The van der Waals surface area contributed by atoms with Gasteiger partial charge in [-0.2, -0.15) is 0 Å². The van der Waals surface area contributed by atoms with Crippen LogP contribution in [-0.2, 0) is 0 Å². The maximum Gasteiger partial charge on any atom is 0.263 e. The van der Waals surface area contributed by atoms with Gasteiger partial charge in [-0.15, -0.1) is 11.3 Å². The summed E-state index contributed by atoms with van der Waals surface area (Å²) < 4.78 is 0. The van der Waals surface area contributed by atoms with Gasteiger partial charge in [-0.1, -0.05) is 30.3 Å². The molecule has 4 aromatic rings. The predicted molar refractivity (Wildman–Crippen MR) is 132 cm³/mol. The Morgan fingerprint density at radius 3 is 2.48 bits per heavy atom. The van der Waals surface area contributed by atoms with Crippen molar-refractivity contribution in [2.24, 2.45) is 0 Å². The van der Waals surface area contributed by atoms with E-state index in [1.54, 1.807) is 6.20 Å². The molecule has 0 spiro atoms. The Morgan fingerprint density at radius 2 is 1.70 bits per heavy atom. The van der Waals surface area contributed by atoms with Gasteiger partial charge in [0.25, 0.3) is 5.91 Å². The number of nitrogens with one attached hydrogen (secondary N) is 3. The summed E-state index contributed by atoms with van der Waals surface area (Å²) in [6.45, 7) is 6.67. The summed E-state index contributed by atoms with van der Waals surface area (Å²) in [5, 5.41) is 10.2. The van der Waals surface area contributed by atoms with Crippen LogP contribution in [0.3, 0.4) is 0 Å². The molecule has 1 amide bonds. The first kappa shape index (κ1) is 22.3. The van der Waals surface area contributed by atoms with Crippen molar-refractivity contribution in [3.63, 3.8) is 0 Å². The van der Waals surface area contributed by atoms with Crippen molar-refractivity contribution in [2.75, 3.05) is 23.7 Å². The number of hydrogen-bond donors (Lipinski definition) is 3. The van der Waals surface area contributed by atoms with Crippen molar-refractivity contribution in [1.82, 2.24) is 25.3 Å². The SMILES string of the molecule is Cc1ccnc(Nc2cc(NCCNC(=O)c3sc(-c4ccccc4)nc3C)nc(C)n2)c1. The van der Waals surface area contributed by atoms with Crippen molar-refractivity contribution in [3.8, 4) is 10.6 Å². The lowest BCUT2D eigenvalue weighted by Gasteiger charge is -2.10. The van der Waals surface area contributed by atoms with E-state index in [-0.39, 0.29) is 5.91 Å². The number of aromatic nitrogens is 4. The molecule has 8 nitrogen and oxygen atoms in total. The fourth-order valence-corrected chi connectivity index (χ4v) is 4.20. The number of aryl methyl sites for hydroxylation is 3. The number of carbonyl (C=O) groups is 1. The maximum absolute atomic E-state index is 12.6. The Balaban J connectivity index is 1.32. The second-order valence-electron chi connectivity index (χ2n) is 7.51. The fourth-order valence-electron chi connectivity index (χ4n) is 3.22. The molecular formula is C24H25N7OS. The van der Waals surface area contributed by atoms with Gasteiger partial charge in [0.1, 0.15) is 33.2 Å². The largest absolute Gasteiger partial charge is 0.368 e. The van der Waals surface area contributed by atoms with Crippen LogP contribution in [0.5, 0.6) is 0 Å². The van der Waals surface area contributed by atoms with Crippen molar-refractivity contribution in [2.45, 2.75) is 20.8 Å². The Bertz CT molecular complexity index is 1260. The van der Waals surface area contributed by atoms with Crippen LogP contribution >= 0.6 is 11.3 Å². The molecule has 0 aliphatic rings. The summed E-state index contributed by atoms with van der Waals surface area (Å²) in [7, 11) is 0. The lowest BCUT2D eigenvalue weighted by molar-refractivity contribution is 0.0958. The third-order valence-electron chi connectivity index (χ3n) is 4.75. The van der Waals surface area contributed by atoms with Gasteiger partial charge in [0.2, 0.25) is 0 Å². The van der Waals surface area contributed by atoms with Crippen LogP contribution in [0.15, 0.2) is 54.7 Å². The molecule has 3 aromatic heterocycles. The minimum Gasteiger partial charge on any atom is -0.368 e. The number of hydrogen-bond acceptors (Lipinski definition) is 8. The monoisotopic (exact) mass is 459 g/mol. The number of benzene rings is 1. The van der Waals surface area contributed by atoms with Gasteiger partial charge in [-0.3, -0.25) is 4.79 Å². The molecule has 3 N–H and O–H groups in total. The quantitative estimate of drug-likeness (QED) is 0.333. The Morgan fingerprint density at radius 1 is 0.909 bits per heavy atom. The van der Waals surface area contributed by atoms with Crippen molar-refractivity contribution in [3.05, 3.63) is 76.7 Å². The number of carbonyl (C=O) groups excluding carboxylic acids is 1. The average Bonchev–Trinajstić information content (AvgIpc) is 3.19. The van der Waals surface area contributed by atoms with E-state index in [2.05, 4.69) is 35.9 Å². The summed E-state index contributed by atoms with van der Waals surface area (Å²) in [6.07, 6.45) is 1.75. The molecule has 9 heteroatoms. The number of thiazole rings is 1. The van der Waals surface area contributed by atoms with Gasteiger partial charge in [-0.25, -0.2) is 19.9 Å². The predicted octanol–water partition coefficient (Wildman–Crippen LogP) is 4.51. The van der Waals surface area contributed by atoms with Crippen LogP contribution in [-0.4, -0.2) is 38.9 Å². The number of nitrogens with zero attached hydrogens (tertiary/aromatic N) is 4. The van der Waals surface area contributed by atoms with E-state index >= 15 is 0 Å². The third kappa shape index (κ3) is 5.89. The molecule has 0 atom stereocenters. The minimum absolute atomic E-state index is 0.124. The molecule has 0 fully saturated rings. The number of rotatable bonds is 8. The van der Waals surface area contributed by atoms with Gasteiger partial charge in [0.05, 0.1) is 5.69 Å². The summed E-state index contributed by atoms with van der Waals surface area (Å²) in [5.41, 5.74) is 2.85. The standard InChI is InChI=1S/C24H25N7OS/c1-15-9-10-25-19(13-15)31-21-14-20(29-17(3)30-21)26-11-12-27-23(32)22-16(2)28-24(33-22)18-7-5-4-6-8-18/h4-10,13-14H,11-12H2,1-3H3,(H,27,32)(H2,25,26,29,30,31). The second kappa shape index (κ2) is 10.2. The highest BCUT2D eigenvalue weighted by atomic mass is 32.1. The summed E-state index contributed by atoms with van der Waals surface area (Å²) in [5.74, 6) is 2.56. The van der Waals surface area contributed by atoms with Crippen LogP contribution in [0.25, 0.3) is 10.6 Å². The van der Waals surface area contributed by atoms with E-state index in [9.17, 15) is 4.79 Å². The first-order chi connectivity index (χ1) is 16.0. The normalized spacial score (nSPS) is 10.6. The van der Waals surface area contributed by atoms with Crippen LogP contribution in [0, 0.1) is 20.8 Å². The van der Waals surface area contributed by atoms with E-state index in [1.165, 1.54) is 11.3 Å². The lowest BCUT2D eigenvalue weighted by Crippen LogP contribution is -2.28. The summed E-state index contributed by atoms with van der Waals surface area (Å²) >= 11 is 1.40. The molecule has 4 rings (SSSR count). The highest BCUT2D eigenvalue weighted by Gasteiger charge is 2.15. The molecule has 0 aliphatic heterocycles. The second-order valence-corrected chi connectivity index (χ2v) is 8.51. The Labute approximate surface area is 196 Å². The zero-order valence-electron chi connectivity index (χ0n) is 18.7. The molecule has 0 saturated heterocycles. The van der Waals surface area contributed by atoms with E-state index in [0.717, 1.165) is 27.6 Å². The zero-order valence-corrected chi connectivity index (χ0v) is 19.5. The molecule has 33 heavy (non-hydrogen) atoms. The maximum atomic E-state index is 12.6. The van der Waals surface area contributed by atoms with Gasteiger partial charge >= 0.3 is 0 Å². The van der Waals surface area contributed by atoms with Crippen molar-refractivity contribution < 1.29 is 4.79 Å². The summed E-state index contributed by atoms with van der Waals surface area (Å²) in [4.78, 5) is 31.0. The minimum atomic E-state index is -0.124. The van der Waals surface area contributed by atoms with Gasteiger partial charge < -0.3 is 16.0 Å². The molecule has 0 saturated carbocycles. The third-order valence-corrected chi connectivity index (χ3v) is 5.96. The Hall–Kier alpha value is -3.85. The summed E-state index contributed by atoms with van der Waals surface area (Å²) in [6, 6.07) is 15.6. The van der Waals surface area contributed by atoms with Crippen LogP contribution in [0.4, 0.5) is 17.5 Å². The van der Waals surface area contributed by atoms with Crippen molar-refractivity contribution in [1.29, 1.82) is 0 Å². The van der Waals surface area contributed by atoms with Crippen LogP contribution < -0.4 is 16.0 Å². The van der Waals surface area contributed by atoms with E-state index in [4.69, 9.17) is 0 Å². The van der Waals surface area contributed by atoms with Crippen LogP contribution in [0.1, 0.15) is 26.8 Å². The van der Waals surface area contributed by atoms with E-state index in [1.807, 2.05) is 69.3 Å². The van der Waals surface area contributed by atoms with Gasteiger partial charge in [0, 0.05) is 30.9 Å². The molecule has 3 heterocycles. The number of amides is 1. The highest BCUT2D eigenvalue weighted by molar-refractivity contribution is 7.17. The van der Waals surface area contributed by atoms with Gasteiger partial charge in [0.15, 0.2) is 0 Å². The lowest BCUT2D eigenvalue weighted by atomic mass is 10.2. The highest BCUT2D eigenvalue weighted by Crippen LogP contribution is 2.27. The molecule has 0 radical (unpaired) electrons. The number of pyridine rings is 1. The molecule has 0 aliphatic carbocycles. The smallest absolute Gasteiger partial charge is 0.263 e. The Kier molecular flexibility index (Phi) is 6.89.